The van der Waals surface area contributed by atoms with Crippen molar-refractivity contribution in [1.29, 1.82) is 0 Å². The summed E-state index contributed by atoms with van der Waals surface area (Å²) in [6.07, 6.45) is 5.25. The lowest BCUT2D eigenvalue weighted by molar-refractivity contribution is 0.321. The van der Waals surface area contributed by atoms with Gasteiger partial charge in [0, 0.05) is 12.4 Å². The normalized spacial score (nSPS) is 10.6. The lowest BCUT2D eigenvalue weighted by atomic mass is 10.2. The van der Waals surface area contributed by atoms with Crippen LogP contribution in [-0.2, 0) is 6.42 Å². The van der Waals surface area contributed by atoms with Crippen LogP contribution >= 0.6 is 0 Å². The van der Waals surface area contributed by atoms with Crippen molar-refractivity contribution in [3.05, 3.63) is 23.8 Å². The fourth-order valence-corrected chi connectivity index (χ4v) is 0.813. The quantitative estimate of drug-likeness (QED) is 0.387. The second kappa shape index (κ2) is 3.65. The molecule has 0 aliphatic carbocycles. The van der Waals surface area contributed by atoms with Gasteiger partial charge in [-0.3, -0.25) is 9.97 Å². The van der Waals surface area contributed by atoms with Gasteiger partial charge in [0.25, 0.3) is 0 Å². The molecule has 0 aliphatic rings. The molecule has 0 atom stereocenters. The predicted octanol–water partition coefficient (Wildman–Crippen LogP) is 0.847. The Balaban J connectivity index is 3.02. The van der Waals surface area contributed by atoms with Gasteiger partial charge in [-0.05, 0) is 6.42 Å². The van der Waals surface area contributed by atoms with E-state index in [4.69, 9.17) is 5.21 Å². The summed E-state index contributed by atoms with van der Waals surface area (Å²) in [6.45, 7) is 1.97. The Morgan fingerprint density at radius 3 is 2.91 bits per heavy atom. The average Bonchev–Trinajstić information content (AvgIpc) is 2.06. The second-order valence-corrected chi connectivity index (χ2v) is 1.99. The molecular formula is C7H9N3O. The summed E-state index contributed by atoms with van der Waals surface area (Å²) in [5, 5.41) is 11.1. The minimum atomic E-state index is 0.623. The lowest BCUT2D eigenvalue weighted by Gasteiger charge is -1.96. The summed E-state index contributed by atoms with van der Waals surface area (Å²) in [4.78, 5) is 8.02. The van der Waals surface area contributed by atoms with Crippen molar-refractivity contribution in [1.82, 2.24) is 9.97 Å². The van der Waals surface area contributed by atoms with E-state index in [1.807, 2.05) is 6.92 Å². The average molecular weight is 151 g/mol. The Morgan fingerprint density at radius 2 is 2.27 bits per heavy atom. The van der Waals surface area contributed by atoms with Crippen LogP contribution in [0.15, 0.2) is 17.5 Å². The SMILES string of the molecule is CCc1nccnc1C=NO. The Labute approximate surface area is 64.6 Å². The molecule has 0 aromatic carbocycles. The molecule has 0 radical (unpaired) electrons. The van der Waals surface area contributed by atoms with Crippen LogP contribution < -0.4 is 0 Å². The molecule has 1 heterocycles. The van der Waals surface area contributed by atoms with Gasteiger partial charge in [-0.15, -0.1) is 0 Å². The maximum Gasteiger partial charge on any atom is 0.106 e. The fourth-order valence-electron chi connectivity index (χ4n) is 0.813. The van der Waals surface area contributed by atoms with Crippen LogP contribution in [0.4, 0.5) is 0 Å². The minimum absolute atomic E-state index is 0.623. The zero-order chi connectivity index (χ0) is 8.10. The molecule has 0 aliphatic heterocycles. The molecule has 1 aromatic heterocycles. The van der Waals surface area contributed by atoms with Gasteiger partial charge in [0.2, 0.25) is 0 Å². The Bertz CT molecular complexity index is 260. The van der Waals surface area contributed by atoms with E-state index < -0.39 is 0 Å². The Hall–Kier alpha value is -1.45. The summed E-state index contributed by atoms with van der Waals surface area (Å²) >= 11 is 0. The van der Waals surface area contributed by atoms with Crippen molar-refractivity contribution < 1.29 is 5.21 Å². The minimum Gasteiger partial charge on any atom is -0.411 e. The zero-order valence-electron chi connectivity index (χ0n) is 6.23. The topological polar surface area (TPSA) is 58.4 Å². The molecule has 0 spiro atoms. The molecule has 0 bridgehead atoms. The summed E-state index contributed by atoms with van der Waals surface area (Å²) in [7, 11) is 0. The third kappa shape index (κ3) is 1.73. The van der Waals surface area contributed by atoms with Gasteiger partial charge in [-0.25, -0.2) is 0 Å². The van der Waals surface area contributed by atoms with Gasteiger partial charge in [0.15, 0.2) is 0 Å². The first-order valence-electron chi connectivity index (χ1n) is 3.35. The molecule has 0 amide bonds. The summed E-state index contributed by atoms with van der Waals surface area (Å²) < 4.78 is 0. The third-order valence-corrected chi connectivity index (χ3v) is 1.32. The van der Waals surface area contributed by atoms with Crippen molar-refractivity contribution in [2.75, 3.05) is 0 Å². The number of aryl methyl sites for hydroxylation is 1. The van der Waals surface area contributed by atoms with Crippen LogP contribution in [0.1, 0.15) is 18.3 Å². The molecule has 0 fully saturated rings. The molecular weight excluding hydrogens is 142 g/mol. The van der Waals surface area contributed by atoms with Crippen molar-refractivity contribution in [2.24, 2.45) is 5.16 Å². The van der Waals surface area contributed by atoms with Crippen LogP contribution in [-0.4, -0.2) is 21.4 Å². The Morgan fingerprint density at radius 1 is 1.55 bits per heavy atom. The third-order valence-electron chi connectivity index (χ3n) is 1.32. The lowest BCUT2D eigenvalue weighted by Crippen LogP contribution is -1.97. The first-order valence-corrected chi connectivity index (χ1v) is 3.35. The first kappa shape index (κ1) is 7.65. The highest BCUT2D eigenvalue weighted by Gasteiger charge is 1.97. The van der Waals surface area contributed by atoms with E-state index in [0.717, 1.165) is 12.1 Å². The molecule has 4 heteroatoms. The fraction of sp³-hybridized carbons (Fsp3) is 0.286. The van der Waals surface area contributed by atoms with Gasteiger partial charge < -0.3 is 5.21 Å². The van der Waals surface area contributed by atoms with Gasteiger partial charge in [-0.1, -0.05) is 12.1 Å². The molecule has 0 saturated carbocycles. The number of hydrogen-bond acceptors (Lipinski definition) is 4. The maximum absolute atomic E-state index is 8.24. The van der Waals surface area contributed by atoms with Crippen LogP contribution in [0, 0.1) is 0 Å². The number of rotatable bonds is 2. The highest BCUT2D eigenvalue weighted by Crippen LogP contribution is 1.98. The molecule has 1 N–H and O–H groups in total. The monoisotopic (exact) mass is 151 g/mol. The number of aromatic nitrogens is 2. The van der Waals surface area contributed by atoms with Crippen LogP contribution in [0.2, 0.25) is 0 Å². The van der Waals surface area contributed by atoms with Crippen LogP contribution in [0.3, 0.4) is 0 Å². The van der Waals surface area contributed by atoms with E-state index >= 15 is 0 Å². The highest BCUT2D eigenvalue weighted by molar-refractivity contribution is 5.77. The van der Waals surface area contributed by atoms with E-state index in [1.54, 1.807) is 12.4 Å². The smallest absolute Gasteiger partial charge is 0.106 e. The van der Waals surface area contributed by atoms with Crippen LogP contribution in [0.25, 0.3) is 0 Å². The molecule has 0 saturated heterocycles. The number of hydrogen-bond donors (Lipinski definition) is 1. The first-order chi connectivity index (χ1) is 5.38. The molecule has 1 aromatic rings. The highest BCUT2D eigenvalue weighted by atomic mass is 16.4. The number of oxime groups is 1. The van der Waals surface area contributed by atoms with Crippen LogP contribution in [0.5, 0.6) is 0 Å². The van der Waals surface area contributed by atoms with E-state index in [9.17, 15) is 0 Å². The van der Waals surface area contributed by atoms with Gasteiger partial charge in [0.1, 0.15) is 5.69 Å². The number of nitrogens with zero attached hydrogens (tertiary/aromatic N) is 3. The van der Waals surface area contributed by atoms with E-state index in [-0.39, 0.29) is 0 Å². The molecule has 1 rings (SSSR count). The molecule has 0 unspecified atom stereocenters. The largest absolute Gasteiger partial charge is 0.411 e. The zero-order valence-corrected chi connectivity index (χ0v) is 6.23. The van der Waals surface area contributed by atoms with E-state index in [0.29, 0.717) is 5.69 Å². The summed E-state index contributed by atoms with van der Waals surface area (Å²) in [5.74, 6) is 0. The van der Waals surface area contributed by atoms with Gasteiger partial charge in [-0.2, -0.15) is 0 Å². The molecule has 4 nitrogen and oxygen atoms in total. The standard InChI is InChI=1S/C7H9N3O/c1-2-6-7(5-10-11)9-4-3-8-6/h3-5,11H,2H2,1H3. The molecule has 58 valence electrons. The van der Waals surface area contributed by atoms with Gasteiger partial charge in [0.05, 0.1) is 11.9 Å². The Kier molecular flexibility index (Phi) is 2.54. The summed E-state index contributed by atoms with van der Waals surface area (Å²) in [5.41, 5.74) is 1.46. The molecule has 11 heavy (non-hydrogen) atoms. The van der Waals surface area contributed by atoms with E-state index in [1.165, 1.54) is 6.21 Å². The van der Waals surface area contributed by atoms with Crippen molar-refractivity contribution in [2.45, 2.75) is 13.3 Å². The van der Waals surface area contributed by atoms with Gasteiger partial charge >= 0.3 is 0 Å². The van der Waals surface area contributed by atoms with Crippen molar-refractivity contribution in [3.63, 3.8) is 0 Å². The van der Waals surface area contributed by atoms with Crippen molar-refractivity contribution in [3.8, 4) is 0 Å². The second-order valence-electron chi connectivity index (χ2n) is 1.99. The summed E-state index contributed by atoms with van der Waals surface area (Å²) in [6, 6.07) is 0. The predicted molar refractivity (Wildman–Crippen MR) is 40.8 cm³/mol. The van der Waals surface area contributed by atoms with Crippen molar-refractivity contribution >= 4 is 6.21 Å². The van der Waals surface area contributed by atoms with E-state index in [2.05, 4.69) is 15.1 Å². The maximum atomic E-state index is 8.24.